The molecule has 1 aliphatic carbocycles. The van der Waals surface area contributed by atoms with Gasteiger partial charge in [-0.3, -0.25) is 4.68 Å². The van der Waals surface area contributed by atoms with Crippen LogP contribution >= 0.6 is 0 Å². The van der Waals surface area contributed by atoms with Crippen molar-refractivity contribution < 1.29 is 4.74 Å². The SMILES string of the molecule is C=C(OC)c1cnc(N2CCCC2)c(-c2ccnn2C2CCCCC2)c1. The molecular weight excluding hydrogens is 324 g/mol. The molecule has 26 heavy (non-hydrogen) atoms. The maximum absolute atomic E-state index is 5.35. The van der Waals surface area contributed by atoms with Gasteiger partial charge in [0.1, 0.15) is 11.6 Å². The number of methoxy groups -OCH3 is 1. The maximum atomic E-state index is 5.35. The van der Waals surface area contributed by atoms with Crippen LogP contribution in [0.15, 0.2) is 31.1 Å². The quantitative estimate of drug-likeness (QED) is 0.734. The van der Waals surface area contributed by atoms with E-state index in [0.717, 1.165) is 35.7 Å². The molecule has 1 saturated carbocycles. The van der Waals surface area contributed by atoms with Crippen molar-refractivity contribution in [1.82, 2.24) is 14.8 Å². The lowest BCUT2D eigenvalue weighted by molar-refractivity contribution is 0.332. The third-order valence-corrected chi connectivity index (χ3v) is 5.71. The average molecular weight is 352 g/mol. The first kappa shape index (κ1) is 17.1. The van der Waals surface area contributed by atoms with Crippen LogP contribution in [0.4, 0.5) is 5.82 Å². The summed E-state index contributed by atoms with van der Waals surface area (Å²) in [7, 11) is 1.66. The minimum atomic E-state index is 0.495. The van der Waals surface area contributed by atoms with E-state index in [2.05, 4.69) is 28.3 Å². The van der Waals surface area contributed by atoms with Gasteiger partial charge in [0.15, 0.2) is 0 Å². The van der Waals surface area contributed by atoms with Crippen molar-refractivity contribution in [3.63, 3.8) is 0 Å². The smallest absolute Gasteiger partial charge is 0.138 e. The second kappa shape index (κ2) is 7.52. The molecule has 1 saturated heterocycles. The summed E-state index contributed by atoms with van der Waals surface area (Å²) in [5.74, 6) is 1.71. The van der Waals surface area contributed by atoms with Crippen molar-refractivity contribution in [3.8, 4) is 11.3 Å². The summed E-state index contributed by atoms with van der Waals surface area (Å²) in [5.41, 5.74) is 3.24. The molecular formula is C21H28N4O. The topological polar surface area (TPSA) is 43.2 Å². The van der Waals surface area contributed by atoms with E-state index in [9.17, 15) is 0 Å². The average Bonchev–Trinajstić information content (AvgIpc) is 3.39. The van der Waals surface area contributed by atoms with Crippen LogP contribution in [0, 0.1) is 0 Å². The van der Waals surface area contributed by atoms with Gasteiger partial charge in [-0.15, -0.1) is 0 Å². The molecule has 4 rings (SSSR count). The zero-order valence-corrected chi connectivity index (χ0v) is 15.7. The maximum Gasteiger partial charge on any atom is 0.138 e. The molecule has 1 aliphatic heterocycles. The first-order valence-electron chi connectivity index (χ1n) is 9.80. The lowest BCUT2D eigenvalue weighted by Gasteiger charge is -2.26. The second-order valence-corrected chi connectivity index (χ2v) is 7.37. The zero-order chi connectivity index (χ0) is 17.9. The predicted molar refractivity (Wildman–Crippen MR) is 105 cm³/mol. The van der Waals surface area contributed by atoms with Crippen molar-refractivity contribution in [3.05, 3.63) is 36.7 Å². The van der Waals surface area contributed by atoms with Crippen molar-refractivity contribution in [2.45, 2.75) is 51.0 Å². The molecule has 2 aromatic heterocycles. The summed E-state index contributed by atoms with van der Waals surface area (Å²) in [6, 6.07) is 4.79. The van der Waals surface area contributed by atoms with Gasteiger partial charge in [-0.2, -0.15) is 5.10 Å². The van der Waals surface area contributed by atoms with Gasteiger partial charge in [0.05, 0.1) is 18.8 Å². The summed E-state index contributed by atoms with van der Waals surface area (Å²) >= 11 is 0. The molecule has 0 spiro atoms. The Morgan fingerprint density at radius 3 is 2.65 bits per heavy atom. The Morgan fingerprint density at radius 1 is 1.15 bits per heavy atom. The first-order chi connectivity index (χ1) is 12.8. The summed E-state index contributed by atoms with van der Waals surface area (Å²) in [6.07, 6.45) is 12.6. The lowest BCUT2D eigenvalue weighted by Crippen LogP contribution is -2.21. The fourth-order valence-electron chi connectivity index (χ4n) is 4.24. The van der Waals surface area contributed by atoms with Crippen LogP contribution in [0.2, 0.25) is 0 Å². The molecule has 5 nitrogen and oxygen atoms in total. The highest BCUT2D eigenvalue weighted by Crippen LogP contribution is 2.37. The van der Waals surface area contributed by atoms with Crippen LogP contribution in [0.1, 0.15) is 56.6 Å². The Balaban J connectivity index is 1.78. The van der Waals surface area contributed by atoms with Crippen LogP contribution < -0.4 is 4.90 Å². The Morgan fingerprint density at radius 2 is 1.92 bits per heavy atom. The number of nitrogens with zero attached hydrogens (tertiary/aromatic N) is 4. The van der Waals surface area contributed by atoms with E-state index >= 15 is 0 Å². The third-order valence-electron chi connectivity index (χ3n) is 5.71. The van der Waals surface area contributed by atoms with E-state index in [1.54, 1.807) is 7.11 Å². The van der Waals surface area contributed by atoms with Gasteiger partial charge in [-0.05, 0) is 37.8 Å². The van der Waals surface area contributed by atoms with Gasteiger partial charge in [0.25, 0.3) is 0 Å². The molecule has 0 bridgehead atoms. The van der Waals surface area contributed by atoms with Crippen LogP contribution in [-0.2, 0) is 4.74 Å². The number of rotatable bonds is 5. The largest absolute Gasteiger partial charge is 0.497 e. The van der Waals surface area contributed by atoms with Crippen molar-refractivity contribution in [2.24, 2.45) is 0 Å². The highest BCUT2D eigenvalue weighted by Gasteiger charge is 2.24. The van der Waals surface area contributed by atoms with E-state index < -0.39 is 0 Å². The summed E-state index contributed by atoms with van der Waals surface area (Å²) in [6.45, 7) is 6.15. The van der Waals surface area contributed by atoms with Gasteiger partial charge in [0.2, 0.25) is 0 Å². The van der Waals surface area contributed by atoms with E-state index in [0.29, 0.717) is 11.8 Å². The normalized spacial score (nSPS) is 18.3. The van der Waals surface area contributed by atoms with Gasteiger partial charge < -0.3 is 9.64 Å². The molecule has 0 radical (unpaired) electrons. The summed E-state index contributed by atoms with van der Waals surface area (Å²) < 4.78 is 7.58. The van der Waals surface area contributed by atoms with Gasteiger partial charge in [0, 0.05) is 36.6 Å². The van der Waals surface area contributed by atoms with Crippen molar-refractivity contribution in [2.75, 3.05) is 25.1 Å². The van der Waals surface area contributed by atoms with Gasteiger partial charge in [-0.1, -0.05) is 25.8 Å². The molecule has 0 atom stereocenters. The predicted octanol–water partition coefficient (Wildman–Crippen LogP) is 4.67. The Labute approximate surface area is 155 Å². The van der Waals surface area contributed by atoms with E-state index in [1.165, 1.54) is 44.9 Å². The highest BCUT2D eigenvalue weighted by molar-refractivity contribution is 5.77. The fraction of sp³-hybridized carbons (Fsp3) is 0.524. The molecule has 0 amide bonds. The summed E-state index contributed by atoms with van der Waals surface area (Å²) in [4.78, 5) is 7.21. The minimum absolute atomic E-state index is 0.495. The fourth-order valence-corrected chi connectivity index (χ4v) is 4.24. The number of hydrogen-bond donors (Lipinski definition) is 0. The molecule has 5 heteroatoms. The number of anilines is 1. The number of aromatic nitrogens is 3. The van der Waals surface area contributed by atoms with E-state index in [4.69, 9.17) is 14.8 Å². The van der Waals surface area contributed by atoms with Crippen molar-refractivity contribution in [1.29, 1.82) is 0 Å². The zero-order valence-electron chi connectivity index (χ0n) is 15.7. The third kappa shape index (κ3) is 3.22. The molecule has 2 fully saturated rings. The molecule has 138 valence electrons. The number of hydrogen-bond acceptors (Lipinski definition) is 4. The van der Waals surface area contributed by atoms with Crippen molar-refractivity contribution >= 4 is 11.6 Å². The molecule has 2 aliphatic rings. The second-order valence-electron chi connectivity index (χ2n) is 7.37. The monoisotopic (exact) mass is 352 g/mol. The van der Waals surface area contributed by atoms with Crippen LogP contribution in [0.5, 0.6) is 0 Å². The molecule has 3 heterocycles. The van der Waals surface area contributed by atoms with Crippen LogP contribution in [0.25, 0.3) is 17.0 Å². The Bertz CT molecular complexity index is 770. The van der Waals surface area contributed by atoms with E-state index in [-0.39, 0.29) is 0 Å². The lowest BCUT2D eigenvalue weighted by atomic mass is 9.95. The molecule has 0 aromatic carbocycles. The molecule has 0 N–H and O–H groups in total. The van der Waals surface area contributed by atoms with Crippen LogP contribution in [-0.4, -0.2) is 35.0 Å². The molecule has 0 unspecified atom stereocenters. The minimum Gasteiger partial charge on any atom is -0.497 e. The van der Waals surface area contributed by atoms with E-state index in [1.807, 2.05) is 12.4 Å². The number of pyridine rings is 1. The van der Waals surface area contributed by atoms with Crippen LogP contribution in [0.3, 0.4) is 0 Å². The Hall–Kier alpha value is -2.30. The number of ether oxygens (including phenoxy) is 1. The van der Waals surface area contributed by atoms with Gasteiger partial charge in [-0.25, -0.2) is 4.98 Å². The Kier molecular flexibility index (Phi) is 4.96. The standard InChI is InChI=1S/C21H28N4O/c1-16(26-2)17-14-19(21(22-15-17)24-12-6-7-13-24)20-10-11-23-25(20)18-8-4-3-5-9-18/h10-11,14-15,18H,1,3-9,12-13H2,2H3. The summed E-state index contributed by atoms with van der Waals surface area (Å²) in [5, 5.41) is 4.70. The highest BCUT2D eigenvalue weighted by atomic mass is 16.5. The first-order valence-corrected chi connectivity index (χ1v) is 9.80. The van der Waals surface area contributed by atoms with Gasteiger partial charge >= 0.3 is 0 Å². The molecule has 2 aromatic rings.